The van der Waals surface area contributed by atoms with E-state index in [1.807, 2.05) is 24.3 Å². The molecule has 1 fully saturated rings. The Morgan fingerprint density at radius 1 is 1.26 bits per heavy atom. The smallest absolute Gasteiger partial charge is 0.283 e. The van der Waals surface area contributed by atoms with Crippen LogP contribution in [-0.2, 0) is 15.0 Å². The molecule has 2 unspecified atom stereocenters. The zero-order valence-electron chi connectivity index (χ0n) is 17.4. The highest BCUT2D eigenvalue weighted by molar-refractivity contribution is 5.78. The Hall–Kier alpha value is -2.83. The lowest BCUT2D eigenvalue weighted by Gasteiger charge is -2.39. The first-order valence-corrected chi connectivity index (χ1v) is 10.7. The lowest BCUT2D eigenvalue weighted by molar-refractivity contribution is 0.0525. The van der Waals surface area contributed by atoms with Crippen LogP contribution in [0.5, 0.6) is 5.75 Å². The van der Waals surface area contributed by atoms with Gasteiger partial charge in [-0.1, -0.05) is 25.1 Å². The fourth-order valence-electron chi connectivity index (χ4n) is 4.78. The predicted molar refractivity (Wildman–Crippen MR) is 114 cm³/mol. The second-order valence-corrected chi connectivity index (χ2v) is 8.87. The van der Waals surface area contributed by atoms with Crippen LogP contribution in [0.25, 0.3) is 5.57 Å². The van der Waals surface area contributed by atoms with Crippen LogP contribution in [0, 0.1) is 11.3 Å². The molecule has 1 saturated carbocycles. The van der Waals surface area contributed by atoms with Crippen LogP contribution in [0.4, 0.5) is 8.78 Å². The maximum absolute atomic E-state index is 12.7. The van der Waals surface area contributed by atoms with Gasteiger partial charge in [0.1, 0.15) is 30.3 Å². The summed E-state index contributed by atoms with van der Waals surface area (Å²) in [7, 11) is 0. The molecule has 2 spiro atoms. The summed E-state index contributed by atoms with van der Waals surface area (Å²) in [6.45, 7) is 2.51. The standard InChI is InChI=1S/C24H26F2N2O3/c1-15-3-2-4-18(29-12-21(25)26)10-17(9-15)16-5-6-20-19(11-16)24(14-31-22(27)28-24)23(7-8-23)13-30-20/h2,4-6,9-11,15,21H,3,7-8,12-14H2,1H3,(H2,27,28). The highest BCUT2D eigenvalue weighted by atomic mass is 19.3. The minimum absolute atomic E-state index is 0.0769. The molecular formula is C24H26F2N2O3. The third-order valence-corrected chi connectivity index (χ3v) is 6.65. The second-order valence-electron chi connectivity index (χ2n) is 8.87. The summed E-state index contributed by atoms with van der Waals surface area (Å²) in [6.07, 6.45) is 8.01. The van der Waals surface area contributed by atoms with E-state index >= 15 is 0 Å². The molecule has 0 amide bonds. The van der Waals surface area contributed by atoms with Gasteiger partial charge < -0.3 is 19.9 Å². The van der Waals surface area contributed by atoms with Crippen LogP contribution in [-0.4, -0.2) is 32.3 Å². The first-order valence-electron chi connectivity index (χ1n) is 10.7. The number of nitrogens with two attached hydrogens (primary N) is 1. The van der Waals surface area contributed by atoms with Crippen molar-refractivity contribution in [2.45, 2.75) is 38.2 Å². The van der Waals surface area contributed by atoms with Gasteiger partial charge in [-0.05, 0) is 60.6 Å². The average Bonchev–Trinajstić information content (AvgIpc) is 3.41. The number of nitrogens with zero attached hydrogens (tertiary/aromatic N) is 1. The molecule has 0 bridgehead atoms. The van der Waals surface area contributed by atoms with Crippen LogP contribution in [0.1, 0.15) is 37.3 Å². The molecule has 5 rings (SSSR count). The summed E-state index contributed by atoms with van der Waals surface area (Å²) in [4.78, 5) is 4.77. The normalized spacial score (nSPS) is 28.1. The Kier molecular flexibility index (Phi) is 4.79. The van der Waals surface area contributed by atoms with Crippen molar-refractivity contribution in [3.05, 3.63) is 59.4 Å². The quantitative estimate of drug-likeness (QED) is 0.765. The van der Waals surface area contributed by atoms with Gasteiger partial charge in [-0.25, -0.2) is 13.8 Å². The Labute approximate surface area is 180 Å². The van der Waals surface area contributed by atoms with E-state index in [4.69, 9.17) is 24.9 Å². The van der Waals surface area contributed by atoms with E-state index in [9.17, 15) is 8.78 Å². The van der Waals surface area contributed by atoms with Crippen LogP contribution in [0.2, 0.25) is 0 Å². The van der Waals surface area contributed by atoms with Gasteiger partial charge >= 0.3 is 0 Å². The van der Waals surface area contributed by atoms with Gasteiger partial charge in [0.15, 0.2) is 0 Å². The number of rotatable bonds is 4. The lowest BCUT2D eigenvalue weighted by Crippen LogP contribution is -2.44. The summed E-state index contributed by atoms with van der Waals surface area (Å²) in [5.74, 6) is 1.51. The molecule has 2 aliphatic carbocycles. The van der Waals surface area contributed by atoms with E-state index in [0.29, 0.717) is 24.9 Å². The molecule has 0 radical (unpaired) electrons. The van der Waals surface area contributed by atoms with E-state index in [2.05, 4.69) is 19.1 Å². The number of amidine groups is 1. The van der Waals surface area contributed by atoms with E-state index in [1.165, 1.54) is 0 Å². The van der Waals surface area contributed by atoms with Gasteiger partial charge in [-0.3, -0.25) is 0 Å². The number of fused-ring (bicyclic) bond motifs is 3. The third-order valence-electron chi connectivity index (χ3n) is 6.65. The van der Waals surface area contributed by atoms with Gasteiger partial charge in [-0.15, -0.1) is 0 Å². The van der Waals surface area contributed by atoms with Gasteiger partial charge in [0.2, 0.25) is 0 Å². The molecule has 2 N–H and O–H groups in total. The molecule has 31 heavy (non-hydrogen) atoms. The van der Waals surface area contributed by atoms with Crippen LogP contribution in [0.15, 0.2) is 53.3 Å². The predicted octanol–water partition coefficient (Wildman–Crippen LogP) is 4.54. The summed E-state index contributed by atoms with van der Waals surface area (Å²) >= 11 is 0. The second kappa shape index (κ2) is 7.39. The highest BCUT2D eigenvalue weighted by Gasteiger charge is 2.66. The van der Waals surface area contributed by atoms with Gasteiger partial charge in [0.05, 0.1) is 6.61 Å². The van der Waals surface area contributed by atoms with Crippen molar-refractivity contribution in [2.75, 3.05) is 19.8 Å². The molecule has 1 aromatic rings. The minimum Gasteiger partial charge on any atom is -0.493 e. The summed E-state index contributed by atoms with van der Waals surface area (Å²) in [5, 5.41) is 0. The van der Waals surface area contributed by atoms with Crippen LogP contribution >= 0.6 is 0 Å². The number of alkyl halides is 2. The van der Waals surface area contributed by atoms with Crippen molar-refractivity contribution in [3.8, 4) is 5.75 Å². The average molecular weight is 428 g/mol. The maximum atomic E-state index is 12.7. The van der Waals surface area contributed by atoms with Crippen molar-refractivity contribution in [1.29, 1.82) is 0 Å². The van der Waals surface area contributed by atoms with Crippen molar-refractivity contribution < 1.29 is 23.0 Å². The molecule has 1 aromatic carbocycles. The number of benzene rings is 1. The minimum atomic E-state index is -2.52. The molecule has 7 heteroatoms. The summed E-state index contributed by atoms with van der Waals surface area (Å²) in [6, 6.07) is 6.26. The Morgan fingerprint density at radius 2 is 2.10 bits per heavy atom. The van der Waals surface area contributed by atoms with Gasteiger partial charge in [0, 0.05) is 11.0 Å². The molecular weight excluding hydrogens is 402 g/mol. The zero-order chi connectivity index (χ0) is 21.6. The van der Waals surface area contributed by atoms with E-state index < -0.39 is 18.6 Å². The van der Waals surface area contributed by atoms with Gasteiger partial charge in [-0.2, -0.15) is 0 Å². The van der Waals surface area contributed by atoms with Crippen LogP contribution < -0.4 is 10.5 Å². The lowest BCUT2D eigenvalue weighted by atomic mass is 9.74. The Balaban J connectivity index is 1.57. The zero-order valence-corrected chi connectivity index (χ0v) is 17.4. The maximum Gasteiger partial charge on any atom is 0.283 e. The fourth-order valence-corrected chi connectivity index (χ4v) is 4.78. The number of hydrogen-bond donors (Lipinski definition) is 1. The van der Waals surface area contributed by atoms with Crippen molar-refractivity contribution in [2.24, 2.45) is 22.1 Å². The molecule has 0 saturated heterocycles. The summed E-state index contributed by atoms with van der Waals surface area (Å²) in [5.41, 5.74) is 8.18. The molecule has 4 aliphatic rings. The first-order chi connectivity index (χ1) is 14.9. The van der Waals surface area contributed by atoms with E-state index in [-0.39, 0.29) is 11.4 Å². The van der Waals surface area contributed by atoms with E-state index in [1.54, 1.807) is 6.08 Å². The molecule has 164 valence electrons. The molecule has 5 nitrogen and oxygen atoms in total. The number of hydrogen-bond acceptors (Lipinski definition) is 5. The van der Waals surface area contributed by atoms with Crippen molar-refractivity contribution in [3.63, 3.8) is 0 Å². The topological polar surface area (TPSA) is 66.1 Å². The SMILES string of the molecule is CC1C=C(c2ccc3c(c2)C2(COC(N)=N2)C2(CC2)CO3)C=C(OCC(F)F)C=CC1. The van der Waals surface area contributed by atoms with Crippen molar-refractivity contribution in [1.82, 2.24) is 0 Å². The number of halogens is 2. The first kappa shape index (κ1) is 20.1. The molecule has 2 atom stereocenters. The van der Waals surface area contributed by atoms with E-state index in [0.717, 1.165) is 41.7 Å². The number of allylic oxidation sites excluding steroid dienone is 5. The molecule has 2 heterocycles. The Bertz CT molecular complexity index is 1010. The highest BCUT2D eigenvalue weighted by Crippen LogP contribution is 2.65. The van der Waals surface area contributed by atoms with Crippen molar-refractivity contribution >= 4 is 11.6 Å². The third kappa shape index (κ3) is 3.50. The monoisotopic (exact) mass is 428 g/mol. The fraction of sp³-hybridized carbons (Fsp3) is 0.458. The number of ether oxygens (including phenoxy) is 3. The molecule has 0 aromatic heterocycles. The largest absolute Gasteiger partial charge is 0.493 e. The van der Waals surface area contributed by atoms with Gasteiger partial charge in [0.25, 0.3) is 12.4 Å². The van der Waals surface area contributed by atoms with Crippen LogP contribution in [0.3, 0.4) is 0 Å². The number of aliphatic imine (C=N–C) groups is 1. The molecule has 2 aliphatic heterocycles. The Morgan fingerprint density at radius 3 is 2.81 bits per heavy atom. The summed E-state index contributed by atoms with van der Waals surface area (Å²) < 4.78 is 42.4.